The first kappa shape index (κ1) is 33.9. The van der Waals surface area contributed by atoms with E-state index in [0.29, 0.717) is 29.2 Å². The molecule has 5 N–H and O–H groups in total. The van der Waals surface area contributed by atoms with E-state index in [-0.39, 0.29) is 32.1 Å². The normalized spacial score (nSPS) is 12.5. The van der Waals surface area contributed by atoms with Crippen LogP contribution in [-0.4, -0.2) is 67.6 Å². The summed E-state index contributed by atoms with van der Waals surface area (Å²) in [6, 6.07) is 20.5. The number of halogens is 3. The summed E-state index contributed by atoms with van der Waals surface area (Å²) in [6.45, 7) is 1.60. The Labute approximate surface area is 252 Å². The van der Waals surface area contributed by atoms with Gasteiger partial charge in [-0.05, 0) is 60.9 Å². The Morgan fingerprint density at radius 3 is 2.27 bits per heavy atom. The lowest BCUT2D eigenvalue weighted by atomic mass is 10.1. The Morgan fingerprint density at radius 1 is 0.909 bits per heavy atom. The second-order valence-corrected chi connectivity index (χ2v) is 9.75. The molecule has 3 aromatic carbocycles. The van der Waals surface area contributed by atoms with Crippen LogP contribution in [-0.2, 0) is 16.0 Å². The first-order valence-electron chi connectivity index (χ1n) is 13.9. The van der Waals surface area contributed by atoms with Gasteiger partial charge in [-0.15, -0.1) is 0 Å². The lowest BCUT2D eigenvalue weighted by Gasteiger charge is -2.23. The summed E-state index contributed by atoms with van der Waals surface area (Å²) in [7, 11) is 0. The number of benzene rings is 3. The third-order valence-electron chi connectivity index (χ3n) is 6.15. The predicted octanol–water partition coefficient (Wildman–Crippen LogP) is 4.52. The Hall–Kier alpha value is -4.62. The van der Waals surface area contributed by atoms with Gasteiger partial charge in [0.25, 0.3) is 5.91 Å². The number of para-hydroxylation sites is 1. The van der Waals surface area contributed by atoms with Gasteiger partial charge in [-0.2, -0.15) is 13.2 Å². The molecule has 3 amide bonds. The molecule has 0 fully saturated rings. The summed E-state index contributed by atoms with van der Waals surface area (Å²) in [5, 5.41) is 20.9. The zero-order valence-electron chi connectivity index (χ0n) is 24.0. The molecule has 10 nitrogen and oxygen atoms in total. The third kappa shape index (κ3) is 11.6. The molecule has 2 atom stereocenters. The molecule has 0 aliphatic heterocycles. The minimum Gasteiger partial charge on any atom is -0.490 e. The van der Waals surface area contributed by atoms with E-state index < -0.39 is 30.3 Å². The number of urea groups is 1. The number of aliphatic hydroxyl groups is 1. The van der Waals surface area contributed by atoms with Crippen LogP contribution in [0.4, 0.5) is 29.3 Å². The fourth-order valence-electron chi connectivity index (χ4n) is 3.94. The van der Waals surface area contributed by atoms with E-state index >= 15 is 0 Å². The van der Waals surface area contributed by atoms with Crippen molar-refractivity contribution in [2.24, 2.45) is 0 Å². The Balaban J connectivity index is 1.53. The second-order valence-electron chi connectivity index (χ2n) is 9.75. The maximum absolute atomic E-state index is 12.8. The first-order chi connectivity index (χ1) is 21.1. The van der Waals surface area contributed by atoms with Gasteiger partial charge in [0.05, 0.1) is 6.61 Å². The summed E-state index contributed by atoms with van der Waals surface area (Å²) in [4.78, 5) is 36.1. The number of nitrogens with one attached hydrogen (secondary N) is 4. The van der Waals surface area contributed by atoms with E-state index in [1.807, 2.05) is 6.92 Å². The highest BCUT2D eigenvalue weighted by Crippen LogP contribution is 2.19. The molecule has 13 heteroatoms. The molecule has 3 rings (SSSR count). The number of aliphatic hydroxyl groups excluding tert-OH is 1. The smallest absolute Gasteiger partial charge is 0.490 e. The van der Waals surface area contributed by atoms with Gasteiger partial charge >= 0.3 is 18.2 Å². The molecule has 0 saturated carbocycles. The Morgan fingerprint density at radius 2 is 1.61 bits per heavy atom. The van der Waals surface area contributed by atoms with Crippen LogP contribution in [0.2, 0.25) is 0 Å². The van der Waals surface area contributed by atoms with Crippen LogP contribution in [0, 0.1) is 0 Å². The van der Waals surface area contributed by atoms with Gasteiger partial charge in [0.2, 0.25) is 0 Å². The predicted molar refractivity (Wildman–Crippen MR) is 159 cm³/mol. The number of ether oxygens (including phenoxy) is 2. The van der Waals surface area contributed by atoms with Crippen molar-refractivity contribution in [3.63, 3.8) is 0 Å². The molecule has 0 bridgehead atoms. The number of amides is 3. The van der Waals surface area contributed by atoms with Crippen molar-refractivity contribution in [1.29, 1.82) is 0 Å². The van der Waals surface area contributed by atoms with Crippen LogP contribution in [0.3, 0.4) is 0 Å². The number of hydrogen-bond donors (Lipinski definition) is 5. The zero-order valence-corrected chi connectivity index (χ0v) is 24.0. The maximum Gasteiger partial charge on any atom is 0.490 e. The molecule has 0 saturated heterocycles. The van der Waals surface area contributed by atoms with Crippen LogP contribution in [0.15, 0.2) is 78.9 Å². The number of carbonyl (C=O) groups excluding carboxylic acids is 3. The van der Waals surface area contributed by atoms with Crippen molar-refractivity contribution in [2.45, 2.75) is 38.1 Å². The average molecular weight is 617 g/mol. The fourth-order valence-corrected chi connectivity index (χ4v) is 3.94. The largest absolute Gasteiger partial charge is 0.490 e. The lowest BCUT2D eigenvalue weighted by Crippen LogP contribution is -2.44. The Bertz CT molecular complexity index is 1360. The maximum atomic E-state index is 12.8. The standard InChI is InChI=1S/C31H35F3N4O6/c1-2-15-35-28(40)22-7-6-8-24(17-22)38-30(42)37-23-13-11-21(12-14-23)16-25(19-39)36-18-27(44-29(41)31(32,33)34)20-43-26-9-4-3-5-10-26/h3-14,17,25,27,36,39H,2,15-16,18-20H2,1H3,(H,35,40)(H2,37,38,42)/t25-,27-/m0/s1. The molecular formula is C31H35F3N4O6. The highest BCUT2D eigenvalue weighted by molar-refractivity contribution is 6.01. The fraction of sp³-hybridized carbons (Fsp3) is 0.323. The van der Waals surface area contributed by atoms with Gasteiger partial charge in [-0.1, -0.05) is 43.3 Å². The number of alkyl halides is 3. The number of anilines is 2. The number of rotatable bonds is 15. The second kappa shape index (κ2) is 16.9. The topological polar surface area (TPSA) is 138 Å². The molecule has 0 spiro atoms. The molecule has 3 aromatic rings. The lowest BCUT2D eigenvalue weighted by molar-refractivity contribution is -0.205. The average Bonchev–Trinajstić information content (AvgIpc) is 3.01. The highest BCUT2D eigenvalue weighted by atomic mass is 19.4. The molecule has 0 aliphatic rings. The number of hydrogen-bond acceptors (Lipinski definition) is 7. The molecule has 0 radical (unpaired) electrons. The monoisotopic (exact) mass is 616 g/mol. The molecular weight excluding hydrogens is 581 g/mol. The zero-order chi connectivity index (χ0) is 32.0. The summed E-state index contributed by atoms with van der Waals surface area (Å²) in [5.41, 5.74) is 2.10. The molecule has 0 aromatic heterocycles. The van der Waals surface area contributed by atoms with Crippen molar-refractivity contribution in [2.75, 3.05) is 36.9 Å². The molecule has 0 unspecified atom stereocenters. The van der Waals surface area contributed by atoms with E-state index in [1.165, 1.54) is 0 Å². The van der Waals surface area contributed by atoms with Gasteiger partial charge in [-0.3, -0.25) is 4.79 Å². The first-order valence-corrected chi connectivity index (χ1v) is 13.9. The van der Waals surface area contributed by atoms with Gasteiger partial charge < -0.3 is 35.8 Å². The minimum atomic E-state index is -5.16. The molecule has 44 heavy (non-hydrogen) atoms. The number of carbonyl (C=O) groups is 3. The van der Waals surface area contributed by atoms with Crippen LogP contribution in [0.1, 0.15) is 29.3 Å². The van der Waals surface area contributed by atoms with Crippen molar-refractivity contribution in [3.05, 3.63) is 90.0 Å². The summed E-state index contributed by atoms with van der Waals surface area (Å²) in [6.07, 6.45) is -5.36. The van der Waals surface area contributed by atoms with E-state index in [9.17, 15) is 32.7 Å². The summed E-state index contributed by atoms with van der Waals surface area (Å²) < 4.78 is 48.5. The van der Waals surface area contributed by atoms with E-state index in [0.717, 1.165) is 12.0 Å². The van der Waals surface area contributed by atoms with Crippen molar-refractivity contribution in [1.82, 2.24) is 10.6 Å². The SMILES string of the molecule is CCCNC(=O)c1cccc(NC(=O)Nc2ccc(C[C@@H](CO)NC[C@@H](COc3ccccc3)OC(=O)C(F)(F)F)cc2)c1. The van der Waals surface area contributed by atoms with E-state index in [4.69, 9.17) is 4.74 Å². The van der Waals surface area contributed by atoms with Crippen LogP contribution in [0.5, 0.6) is 5.75 Å². The summed E-state index contributed by atoms with van der Waals surface area (Å²) in [5.74, 6) is -2.18. The summed E-state index contributed by atoms with van der Waals surface area (Å²) >= 11 is 0. The van der Waals surface area contributed by atoms with Gasteiger partial charge in [0.15, 0.2) is 0 Å². The molecule has 0 heterocycles. The van der Waals surface area contributed by atoms with Gasteiger partial charge in [-0.25, -0.2) is 9.59 Å². The molecule has 0 aliphatic carbocycles. The van der Waals surface area contributed by atoms with Crippen LogP contribution < -0.4 is 26.0 Å². The van der Waals surface area contributed by atoms with Crippen molar-refractivity contribution < 1.29 is 42.1 Å². The van der Waals surface area contributed by atoms with Crippen LogP contribution >= 0.6 is 0 Å². The molecule has 236 valence electrons. The van der Waals surface area contributed by atoms with Gasteiger partial charge in [0, 0.05) is 36.1 Å². The van der Waals surface area contributed by atoms with Gasteiger partial charge in [0.1, 0.15) is 18.5 Å². The van der Waals surface area contributed by atoms with E-state index in [1.54, 1.807) is 78.9 Å². The van der Waals surface area contributed by atoms with Crippen molar-refractivity contribution >= 4 is 29.3 Å². The van der Waals surface area contributed by atoms with Crippen LogP contribution in [0.25, 0.3) is 0 Å². The van der Waals surface area contributed by atoms with Crippen molar-refractivity contribution in [3.8, 4) is 5.75 Å². The Kier molecular flexibility index (Phi) is 13.0. The minimum absolute atomic E-state index is 0.207. The van der Waals surface area contributed by atoms with E-state index in [2.05, 4.69) is 26.0 Å². The number of esters is 1. The third-order valence-corrected chi connectivity index (χ3v) is 6.15. The quantitative estimate of drug-likeness (QED) is 0.158. The highest BCUT2D eigenvalue weighted by Gasteiger charge is 2.42.